The molecular formula is C32H39N3O4S. The number of hydrogen-bond donors (Lipinski definition) is 1. The van der Waals surface area contributed by atoms with Crippen molar-refractivity contribution in [1.82, 2.24) is 10.2 Å². The van der Waals surface area contributed by atoms with Crippen LogP contribution in [0.4, 0.5) is 5.69 Å². The van der Waals surface area contributed by atoms with Gasteiger partial charge in [-0.2, -0.15) is 0 Å². The number of nitrogens with zero attached hydrogens (tertiary/aromatic N) is 2. The summed E-state index contributed by atoms with van der Waals surface area (Å²) in [6.07, 6.45) is 4.44. The maximum absolute atomic E-state index is 14.1. The van der Waals surface area contributed by atoms with Crippen LogP contribution in [-0.2, 0) is 26.2 Å². The predicted octanol–water partition coefficient (Wildman–Crippen LogP) is 5.36. The number of carbonyl (C=O) groups is 2. The monoisotopic (exact) mass is 561 g/mol. The average Bonchev–Trinajstić information content (AvgIpc) is 3.46. The van der Waals surface area contributed by atoms with Crippen LogP contribution in [0.1, 0.15) is 55.7 Å². The molecule has 1 fully saturated rings. The van der Waals surface area contributed by atoms with Crippen molar-refractivity contribution in [3.05, 3.63) is 95.6 Å². The van der Waals surface area contributed by atoms with Crippen molar-refractivity contribution in [2.24, 2.45) is 0 Å². The Morgan fingerprint density at radius 2 is 1.57 bits per heavy atom. The molecule has 1 aliphatic carbocycles. The Morgan fingerprint density at radius 3 is 2.20 bits per heavy atom. The minimum Gasteiger partial charge on any atom is -0.352 e. The Balaban J connectivity index is 1.70. The van der Waals surface area contributed by atoms with Crippen molar-refractivity contribution < 1.29 is 18.0 Å². The minimum atomic E-state index is -4.06. The van der Waals surface area contributed by atoms with Gasteiger partial charge >= 0.3 is 0 Å². The van der Waals surface area contributed by atoms with Gasteiger partial charge in [0.05, 0.1) is 10.6 Å². The van der Waals surface area contributed by atoms with E-state index in [2.05, 4.69) is 5.32 Å². The minimum absolute atomic E-state index is 0.0976. The second-order valence-electron chi connectivity index (χ2n) is 10.6. The van der Waals surface area contributed by atoms with E-state index in [1.165, 1.54) is 17.0 Å². The molecule has 0 unspecified atom stereocenters. The van der Waals surface area contributed by atoms with Gasteiger partial charge in [-0.3, -0.25) is 13.9 Å². The smallest absolute Gasteiger partial charge is 0.264 e. The van der Waals surface area contributed by atoms with Gasteiger partial charge in [-0.25, -0.2) is 8.42 Å². The molecule has 0 saturated heterocycles. The number of nitrogens with one attached hydrogen (secondary N) is 1. The first-order chi connectivity index (χ1) is 19.2. The zero-order chi connectivity index (χ0) is 28.7. The van der Waals surface area contributed by atoms with Crippen molar-refractivity contribution in [3.8, 4) is 0 Å². The van der Waals surface area contributed by atoms with E-state index < -0.39 is 28.5 Å². The fourth-order valence-corrected chi connectivity index (χ4v) is 6.64. The van der Waals surface area contributed by atoms with Crippen LogP contribution in [0, 0.1) is 13.8 Å². The number of benzene rings is 3. The first-order valence-electron chi connectivity index (χ1n) is 14.0. The van der Waals surface area contributed by atoms with E-state index in [0.29, 0.717) is 12.1 Å². The summed E-state index contributed by atoms with van der Waals surface area (Å²) in [4.78, 5) is 29.3. The third kappa shape index (κ3) is 7.10. The lowest BCUT2D eigenvalue weighted by Crippen LogP contribution is -2.53. The maximum atomic E-state index is 14.1. The fourth-order valence-electron chi connectivity index (χ4n) is 5.21. The average molecular weight is 562 g/mol. The van der Waals surface area contributed by atoms with E-state index >= 15 is 0 Å². The van der Waals surface area contributed by atoms with Crippen LogP contribution in [0.2, 0.25) is 0 Å². The molecule has 40 heavy (non-hydrogen) atoms. The second-order valence-corrected chi connectivity index (χ2v) is 12.4. The summed E-state index contributed by atoms with van der Waals surface area (Å²) in [6, 6.07) is 22.4. The van der Waals surface area contributed by atoms with Gasteiger partial charge in [-0.1, -0.05) is 79.9 Å². The van der Waals surface area contributed by atoms with Gasteiger partial charge < -0.3 is 10.2 Å². The van der Waals surface area contributed by atoms with Crippen LogP contribution in [-0.4, -0.2) is 43.8 Å². The number of rotatable bonds is 11. The van der Waals surface area contributed by atoms with Crippen molar-refractivity contribution in [2.75, 3.05) is 10.8 Å². The third-order valence-electron chi connectivity index (χ3n) is 7.46. The van der Waals surface area contributed by atoms with Crippen LogP contribution < -0.4 is 9.62 Å². The molecule has 0 spiro atoms. The first-order valence-corrected chi connectivity index (χ1v) is 15.4. The molecule has 1 aliphatic rings. The number of aryl methyl sites for hydroxylation is 2. The summed E-state index contributed by atoms with van der Waals surface area (Å²) in [5, 5.41) is 3.14. The van der Waals surface area contributed by atoms with Crippen molar-refractivity contribution >= 4 is 27.5 Å². The summed E-state index contributed by atoms with van der Waals surface area (Å²) in [5.74, 6) is -0.627. The molecule has 8 heteroatoms. The highest BCUT2D eigenvalue weighted by Crippen LogP contribution is 2.26. The van der Waals surface area contributed by atoms with Crippen LogP contribution in [0.25, 0.3) is 0 Å². The molecule has 3 aromatic carbocycles. The van der Waals surface area contributed by atoms with Gasteiger partial charge in [0.2, 0.25) is 11.8 Å². The lowest BCUT2D eigenvalue weighted by Gasteiger charge is -2.34. The standard InChI is InChI=1S/C32H39N3O4S/c1-4-30(32(37)33-27-12-8-9-13-27)34(22-26-19-17-24(2)18-20-26)31(36)23-35(28-14-10-11-25(3)21-28)40(38,39)29-15-6-5-7-16-29/h5-7,10-11,14-21,27,30H,4,8-9,12-13,22-23H2,1-3H3,(H,33,37)/t30-/m0/s1. The molecule has 0 radical (unpaired) electrons. The molecule has 1 saturated carbocycles. The Hall–Kier alpha value is -3.65. The molecule has 7 nitrogen and oxygen atoms in total. The molecule has 212 valence electrons. The van der Waals surface area contributed by atoms with E-state index in [1.807, 2.05) is 51.1 Å². The summed E-state index contributed by atoms with van der Waals surface area (Å²) < 4.78 is 28.9. The van der Waals surface area contributed by atoms with E-state index in [1.54, 1.807) is 36.4 Å². The molecule has 1 N–H and O–H groups in total. The van der Waals surface area contributed by atoms with E-state index in [-0.39, 0.29) is 23.4 Å². The zero-order valence-electron chi connectivity index (χ0n) is 23.5. The molecular weight excluding hydrogens is 522 g/mol. The molecule has 0 heterocycles. The third-order valence-corrected chi connectivity index (χ3v) is 9.25. The van der Waals surface area contributed by atoms with Crippen LogP contribution >= 0.6 is 0 Å². The van der Waals surface area contributed by atoms with Crippen molar-refractivity contribution in [1.29, 1.82) is 0 Å². The van der Waals surface area contributed by atoms with E-state index in [0.717, 1.165) is 46.7 Å². The van der Waals surface area contributed by atoms with Gasteiger partial charge in [0.1, 0.15) is 12.6 Å². The highest BCUT2D eigenvalue weighted by molar-refractivity contribution is 7.92. The number of amides is 2. The molecule has 0 bridgehead atoms. The highest BCUT2D eigenvalue weighted by Gasteiger charge is 2.34. The van der Waals surface area contributed by atoms with Gasteiger partial charge in [0, 0.05) is 12.6 Å². The quantitative estimate of drug-likeness (QED) is 0.341. The molecule has 0 aliphatic heterocycles. The Bertz CT molecular complexity index is 1400. The normalized spacial score (nSPS) is 14.5. The van der Waals surface area contributed by atoms with Gasteiger partial charge in [-0.05, 0) is 68.5 Å². The molecule has 0 aromatic heterocycles. The summed E-state index contributed by atoms with van der Waals surface area (Å²) >= 11 is 0. The van der Waals surface area contributed by atoms with Crippen LogP contribution in [0.15, 0.2) is 83.8 Å². The van der Waals surface area contributed by atoms with Crippen molar-refractivity contribution in [3.63, 3.8) is 0 Å². The lowest BCUT2D eigenvalue weighted by molar-refractivity contribution is -0.140. The van der Waals surface area contributed by atoms with Crippen LogP contribution in [0.3, 0.4) is 0 Å². The van der Waals surface area contributed by atoms with E-state index in [9.17, 15) is 18.0 Å². The van der Waals surface area contributed by atoms with E-state index in [4.69, 9.17) is 0 Å². The summed E-state index contributed by atoms with van der Waals surface area (Å²) in [7, 11) is -4.06. The van der Waals surface area contributed by atoms with Gasteiger partial charge in [0.15, 0.2) is 0 Å². The number of carbonyl (C=O) groups excluding carboxylic acids is 2. The second kappa shape index (κ2) is 13.1. The predicted molar refractivity (Wildman–Crippen MR) is 158 cm³/mol. The number of hydrogen-bond acceptors (Lipinski definition) is 4. The highest BCUT2D eigenvalue weighted by atomic mass is 32.2. The summed E-state index contributed by atoms with van der Waals surface area (Å²) in [6.45, 7) is 5.52. The first kappa shape index (κ1) is 29.3. The Labute approximate surface area is 238 Å². The zero-order valence-corrected chi connectivity index (χ0v) is 24.4. The topological polar surface area (TPSA) is 86.8 Å². The molecule has 1 atom stereocenters. The molecule has 3 aromatic rings. The van der Waals surface area contributed by atoms with Gasteiger partial charge in [0.25, 0.3) is 10.0 Å². The maximum Gasteiger partial charge on any atom is 0.264 e. The fraction of sp³-hybridized carbons (Fsp3) is 0.375. The van der Waals surface area contributed by atoms with Crippen LogP contribution in [0.5, 0.6) is 0 Å². The molecule has 4 rings (SSSR count). The number of anilines is 1. The molecule has 2 amide bonds. The number of sulfonamides is 1. The lowest BCUT2D eigenvalue weighted by atomic mass is 10.1. The van der Waals surface area contributed by atoms with Gasteiger partial charge in [-0.15, -0.1) is 0 Å². The SMILES string of the molecule is CC[C@@H](C(=O)NC1CCCC1)N(Cc1ccc(C)cc1)C(=O)CN(c1cccc(C)c1)S(=O)(=O)c1ccccc1. The largest absolute Gasteiger partial charge is 0.352 e. The van der Waals surface area contributed by atoms with Crippen molar-refractivity contribution in [2.45, 2.75) is 76.4 Å². The Kier molecular flexibility index (Phi) is 9.63. The summed E-state index contributed by atoms with van der Waals surface area (Å²) in [5.41, 5.74) is 3.24. The Morgan fingerprint density at radius 1 is 0.900 bits per heavy atom.